The zero-order chi connectivity index (χ0) is 43.3. The van der Waals surface area contributed by atoms with Crippen LogP contribution in [-0.4, -0.2) is 63.2 Å². The lowest BCUT2D eigenvalue weighted by atomic mass is 9.96. The molecule has 61 heavy (non-hydrogen) atoms. The van der Waals surface area contributed by atoms with Crippen LogP contribution in [0.3, 0.4) is 0 Å². The topological polar surface area (TPSA) is 162 Å². The molecule has 1 unspecified atom stereocenters. The number of aromatic hydroxyl groups is 1. The Kier molecular flexibility index (Phi) is 14.2. The molecule has 1 N–H and O–H groups in total. The maximum atomic E-state index is 14.6. The second kappa shape index (κ2) is 20.3. The first-order chi connectivity index (χ1) is 29.6. The third-order valence-electron chi connectivity index (χ3n) is 9.32. The van der Waals surface area contributed by atoms with Crippen LogP contribution in [0, 0.1) is 0 Å². The summed E-state index contributed by atoms with van der Waals surface area (Å²) >= 11 is 0. The van der Waals surface area contributed by atoms with Crippen molar-refractivity contribution < 1.29 is 62.2 Å². The minimum Gasteiger partial charge on any atom is -0.507 e. The monoisotopic (exact) mass is 826 g/mol. The van der Waals surface area contributed by atoms with Gasteiger partial charge in [-0.25, -0.2) is 9.59 Å². The van der Waals surface area contributed by atoms with Gasteiger partial charge in [0.1, 0.15) is 70.3 Å². The van der Waals surface area contributed by atoms with Crippen molar-refractivity contribution in [2.24, 2.45) is 0 Å². The number of carbonyl (C=O) groups excluding carboxylic acids is 4. The molecule has 0 aliphatic heterocycles. The van der Waals surface area contributed by atoms with E-state index in [9.17, 15) is 24.3 Å². The Bertz CT molecular complexity index is 2470. The summed E-state index contributed by atoms with van der Waals surface area (Å²) in [5.41, 5.74) is 1.24. The van der Waals surface area contributed by atoms with Gasteiger partial charge in [0.2, 0.25) is 5.78 Å². The van der Waals surface area contributed by atoms with Crippen molar-refractivity contribution >= 4 is 23.5 Å². The number of hydrogen-bond donors (Lipinski definition) is 1. The highest BCUT2D eigenvalue weighted by molar-refractivity contribution is 6.10. The van der Waals surface area contributed by atoms with Crippen molar-refractivity contribution in [1.82, 2.24) is 0 Å². The Morgan fingerprint density at radius 3 is 1.46 bits per heavy atom. The number of hydrogen-bond acceptors (Lipinski definition) is 13. The van der Waals surface area contributed by atoms with Gasteiger partial charge in [-0.3, -0.25) is 9.59 Å². The largest absolute Gasteiger partial charge is 0.507 e. The highest BCUT2D eigenvalue weighted by atomic mass is 16.6. The van der Waals surface area contributed by atoms with Crippen molar-refractivity contribution in [2.75, 3.05) is 28.4 Å². The summed E-state index contributed by atoms with van der Waals surface area (Å²) < 4.78 is 45.1. The van der Waals surface area contributed by atoms with Crippen LogP contribution in [0.2, 0.25) is 0 Å². The van der Waals surface area contributed by atoms with Crippen molar-refractivity contribution in [2.45, 2.75) is 25.7 Å². The maximum Gasteiger partial charge on any atom is 0.343 e. The van der Waals surface area contributed by atoms with Gasteiger partial charge in [0, 0.05) is 24.3 Å². The SMILES string of the molecule is COc1ccc(C(=O)Oc2cc(OCc3ccccc3)cc(OC)c2C(=O)CC(OC(=O)c2ccc(OC)cc2)C(=O)c2c(O)cc(OCc3ccccc3)cc2OC)cc1. The van der Waals surface area contributed by atoms with Crippen molar-refractivity contribution in [1.29, 1.82) is 0 Å². The summed E-state index contributed by atoms with van der Waals surface area (Å²) in [7, 11) is 5.54. The summed E-state index contributed by atoms with van der Waals surface area (Å²) in [5, 5.41) is 11.3. The Labute approximate surface area is 351 Å². The molecular weight excluding hydrogens is 785 g/mol. The maximum absolute atomic E-state index is 14.6. The van der Waals surface area contributed by atoms with E-state index in [2.05, 4.69) is 0 Å². The first-order valence-corrected chi connectivity index (χ1v) is 18.9. The average Bonchev–Trinajstić information content (AvgIpc) is 3.29. The van der Waals surface area contributed by atoms with E-state index in [1.165, 1.54) is 89.1 Å². The fourth-order valence-corrected chi connectivity index (χ4v) is 6.15. The molecule has 0 heterocycles. The number of esters is 2. The molecule has 0 aliphatic carbocycles. The van der Waals surface area contributed by atoms with Gasteiger partial charge in [-0.05, 0) is 59.7 Å². The normalized spacial score (nSPS) is 11.1. The van der Waals surface area contributed by atoms with Gasteiger partial charge in [0.15, 0.2) is 11.9 Å². The van der Waals surface area contributed by atoms with Crippen LogP contribution in [0.5, 0.6) is 46.0 Å². The minimum atomic E-state index is -1.86. The van der Waals surface area contributed by atoms with E-state index < -0.39 is 41.8 Å². The standard InChI is InChI=1S/C48H42O13/c1-54-34-19-15-32(16-20-34)47(52)60-42-26-37(59-29-31-13-9-6-10-14-31)25-40(56-3)44(42)39(50)27-43(61-48(53)33-17-21-35(55-2)22-18-33)46(51)45-38(49)23-36(24-41(45)57-4)58-28-30-11-7-5-8-12-30/h5-26,43,49H,27-29H2,1-4H3. The number of ether oxygens (including phenoxy) is 8. The first kappa shape index (κ1) is 42.8. The van der Waals surface area contributed by atoms with Crippen molar-refractivity contribution in [3.8, 4) is 46.0 Å². The van der Waals surface area contributed by atoms with Crippen LogP contribution in [0.1, 0.15) is 59.0 Å². The molecule has 0 fully saturated rings. The third-order valence-corrected chi connectivity index (χ3v) is 9.32. The van der Waals surface area contributed by atoms with Crippen LogP contribution in [0.4, 0.5) is 0 Å². The Morgan fingerprint density at radius 2 is 0.967 bits per heavy atom. The Balaban J connectivity index is 1.37. The zero-order valence-corrected chi connectivity index (χ0v) is 33.7. The highest BCUT2D eigenvalue weighted by Crippen LogP contribution is 2.39. The minimum absolute atomic E-state index is 0.0403. The van der Waals surface area contributed by atoms with E-state index >= 15 is 0 Å². The van der Waals surface area contributed by atoms with Gasteiger partial charge < -0.3 is 43.0 Å². The summed E-state index contributed by atoms with van der Waals surface area (Å²) in [6, 6.07) is 36.0. The molecule has 6 aromatic carbocycles. The van der Waals surface area contributed by atoms with Gasteiger partial charge in [0.05, 0.1) is 46.0 Å². The van der Waals surface area contributed by atoms with Gasteiger partial charge in [-0.2, -0.15) is 0 Å². The molecular formula is C48H42O13. The third kappa shape index (κ3) is 10.8. The fourth-order valence-electron chi connectivity index (χ4n) is 6.15. The molecule has 0 aromatic heterocycles. The van der Waals surface area contributed by atoms with Crippen LogP contribution < -0.4 is 33.2 Å². The Hall–Kier alpha value is -7.80. The van der Waals surface area contributed by atoms with E-state index in [1.54, 1.807) is 12.1 Å². The van der Waals surface area contributed by atoms with E-state index in [0.717, 1.165) is 11.1 Å². The number of phenols is 1. The van der Waals surface area contributed by atoms with Gasteiger partial charge in [-0.15, -0.1) is 0 Å². The molecule has 0 aliphatic rings. The lowest BCUT2D eigenvalue weighted by Gasteiger charge is -2.21. The van der Waals surface area contributed by atoms with E-state index in [-0.39, 0.29) is 64.2 Å². The van der Waals surface area contributed by atoms with E-state index in [4.69, 9.17) is 37.9 Å². The van der Waals surface area contributed by atoms with Gasteiger partial charge in [-0.1, -0.05) is 60.7 Å². The quantitative estimate of drug-likeness (QED) is 0.0471. The number of rotatable bonds is 19. The summed E-state index contributed by atoms with van der Waals surface area (Å²) in [4.78, 5) is 56.3. The summed E-state index contributed by atoms with van der Waals surface area (Å²) in [6.07, 6.45) is -2.66. The van der Waals surface area contributed by atoms with Crippen LogP contribution in [0.25, 0.3) is 0 Å². The molecule has 6 aromatic rings. The lowest BCUT2D eigenvalue weighted by molar-refractivity contribution is 0.0266. The number of benzene rings is 6. The fraction of sp³-hybridized carbons (Fsp3) is 0.167. The molecule has 13 heteroatoms. The van der Waals surface area contributed by atoms with Crippen LogP contribution >= 0.6 is 0 Å². The molecule has 6 rings (SSSR count). The molecule has 0 bridgehead atoms. The number of phenolic OH excluding ortho intramolecular Hbond substituents is 1. The smallest absolute Gasteiger partial charge is 0.343 e. The number of carbonyl (C=O) groups is 4. The lowest BCUT2D eigenvalue weighted by Crippen LogP contribution is -2.31. The van der Waals surface area contributed by atoms with Crippen LogP contribution in [-0.2, 0) is 18.0 Å². The molecule has 0 saturated carbocycles. The molecule has 0 saturated heterocycles. The predicted molar refractivity (Wildman–Crippen MR) is 223 cm³/mol. The molecule has 0 amide bonds. The number of methoxy groups -OCH3 is 4. The van der Waals surface area contributed by atoms with E-state index in [1.807, 2.05) is 60.7 Å². The molecule has 1 atom stereocenters. The van der Waals surface area contributed by atoms with Crippen molar-refractivity contribution in [3.63, 3.8) is 0 Å². The van der Waals surface area contributed by atoms with Gasteiger partial charge >= 0.3 is 11.9 Å². The molecule has 13 nitrogen and oxygen atoms in total. The number of Topliss-reactive ketones (excluding diaryl/α,β-unsaturated/α-hetero) is 2. The molecule has 0 spiro atoms. The average molecular weight is 827 g/mol. The highest BCUT2D eigenvalue weighted by Gasteiger charge is 2.35. The van der Waals surface area contributed by atoms with E-state index in [0.29, 0.717) is 11.5 Å². The predicted octanol–water partition coefficient (Wildman–Crippen LogP) is 8.49. The molecule has 0 radical (unpaired) electrons. The number of ketones is 2. The van der Waals surface area contributed by atoms with Crippen LogP contribution in [0.15, 0.2) is 133 Å². The molecule has 312 valence electrons. The Morgan fingerprint density at radius 1 is 0.508 bits per heavy atom. The van der Waals surface area contributed by atoms with Crippen molar-refractivity contribution in [3.05, 3.63) is 167 Å². The summed E-state index contributed by atoms with van der Waals surface area (Å²) in [6.45, 7) is 0.277. The summed E-state index contributed by atoms with van der Waals surface area (Å²) in [5.74, 6) is -3.26. The second-order valence-electron chi connectivity index (χ2n) is 13.3. The first-order valence-electron chi connectivity index (χ1n) is 18.9. The second-order valence-corrected chi connectivity index (χ2v) is 13.3. The zero-order valence-electron chi connectivity index (χ0n) is 33.7. The van der Waals surface area contributed by atoms with Gasteiger partial charge in [0.25, 0.3) is 0 Å².